The Labute approximate surface area is 176 Å². The van der Waals surface area contributed by atoms with Gasteiger partial charge in [0.25, 0.3) is 10.0 Å². The zero-order valence-corrected chi connectivity index (χ0v) is 17.8. The molecule has 7 nitrogen and oxygen atoms in total. The van der Waals surface area contributed by atoms with E-state index in [4.69, 9.17) is 0 Å². The number of aromatic carboxylic acids is 1. The van der Waals surface area contributed by atoms with Crippen LogP contribution in [0.3, 0.4) is 0 Å². The molecular weight excluding hydrogens is 402 g/mol. The third kappa shape index (κ3) is 4.96. The maximum Gasteiger partial charge on any atom is 0.339 e. The summed E-state index contributed by atoms with van der Waals surface area (Å²) in [4.78, 5) is 17.9. The summed E-state index contributed by atoms with van der Waals surface area (Å²) in [6, 6.07) is 15.9. The van der Waals surface area contributed by atoms with E-state index in [-0.39, 0.29) is 22.0 Å². The Hall–Kier alpha value is -3.39. The second kappa shape index (κ2) is 8.54. The van der Waals surface area contributed by atoms with E-state index in [9.17, 15) is 18.3 Å². The van der Waals surface area contributed by atoms with Crippen LogP contribution < -0.4 is 9.62 Å². The lowest BCUT2D eigenvalue weighted by Crippen LogP contribution is -2.21. The molecule has 0 saturated heterocycles. The van der Waals surface area contributed by atoms with E-state index in [1.54, 1.807) is 24.1 Å². The van der Waals surface area contributed by atoms with Gasteiger partial charge in [0.1, 0.15) is 11.4 Å². The first-order valence-corrected chi connectivity index (χ1v) is 10.7. The van der Waals surface area contributed by atoms with Crippen molar-refractivity contribution in [3.05, 3.63) is 83.0 Å². The van der Waals surface area contributed by atoms with E-state index in [2.05, 4.69) is 9.71 Å². The Morgan fingerprint density at radius 3 is 2.30 bits per heavy atom. The minimum absolute atomic E-state index is 0.0865. The van der Waals surface area contributed by atoms with Gasteiger partial charge in [-0.05, 0) is 48.7 Å². The number of sulfonamides is 1. The van der Waals surface area contributed by atoms with Gasteiger partial charge in [-0.2, -0.15) is 0 Å². The molecule has 0 atom stereocenters. The highest BCUT2D eigenvalue weighted by molar-refractivity contribution is 7.92. The molecule has 0 radical (unpaired) electrons. The van der Waals surface area contributed by atoms with Crippen molar-refractivity contribution in [1.29, 1.82) is 0 Å². The molecule has 0 spiro atoms. The molecule has 0 bridgehead atoms. The number of nitrogens with one attached hydrogen (secondary N) is 1. The van der Waals surface area contributed by atoms with Gasteiger partial charge in [0.15, 0.2) is 0 Å². The molecule has 0 aliphatic carbocycles. The second-order valence-electron chi connectivity index (χ2n) is 7.17. The van der Waals surface area contributed by atoms with Crippen LogP contribution in [0.4, 0.5) is 11.5 Å². The van der Waals surface area contributed by atoms with Gasteiger partial charge >= 0.3 is 5.97 Å². The lowest BCUT2D eigenvalue weighted by molar-refractivity contribution is 0.0697. The number of carboxylic acids is 1. The smallest absolute Gasteiger partial charge is 0.339 e. The predicted molar refractivity (Wildman–Crippen MR) is 116 cm³/mol. The lowest BCUT2D eigenvalue weighted by Gasteiger charge is -2.21. The molecule has 0 fully saturated rings. The monoisotopic (exact) mass is 425 g/mol. The summed E-state index contributed by atoms with van der Waals surface area (Å²) in [5, 5.41) is 9.65. The van der Waals surface area contributed by atoms with Gasteiger partial charge < -0.3 is 10.0 Å². The van der Waals surface area contributed by atoms with Crippen molar-refractivity contribution in [2.45, 2.75) is 25.3 Å². The summed E-state index contributed by atoms with van der Waals surface area (Å²) < 4.78 is 27.9. The molecule has 3 aromatic rings. The third-order valence-corrected chi connectivity index (χ3v) is 5.84. The van der Waals surface area contributed by atoms with Crippen molar-refractivity contribution in [2.24, 2.45) is 0 Å². The average Bonchev–Trinajstić information content (AvgIpc) is 2.67. The fraction of sp³-hybridized carbons (Fsp3) is 0.182. The molecule has 30 heavy (non-hydrogen) atoms. The van der Waals surface area contributed by atoms with E-state index in [1.807, 2.05) is 50.2 Å². The molecule has 1 aromatic heterocycles. The van der Waals surface area contributed by atoms with Crippen LogP contribution in [0.5, 0.6) is 0 Å². The lowest BCUT2D eigenvalue weighted by atomic mass is 10.2. The van der Waals surface area contributed by atoms with Gasteiger partial charge in [-0.1, -0.05) is 36.4 Å². The number of hydrogen-bond acceptors (Lipinski definition) is 5. The summed E-state index contributed by atoms with van der Waals surface area (Å²) in [6.07, 6.45) is 1.32. The highest BCUT2D eigenvalue weighted by Crippen LogP contribution is 2.24. The van der Waals surface area contributed by atoms with Gasteiger partial charge in [0.2, 0.25) is 0 Å². The molecule has 0 aliphatic heterocycles. The van der Waals surface area contributed by atoms with E-state index in [0.29, 0.717) is 6.54 Å². The highest BCUT2D eigenvalue weighted by atomic mass is 32.2. The Morgan fingerprint density at radius 2 is 1.70 bits per heavy atom. The first kappa shape index (κ1) is 21.3. The molecule has 2 aromatic carbocycles. The minimum Gasteiger partial charge on any atom is -0.478 e. The maximum atomic E-state index is 12.8. The summed E-state index contributed by atoms with van der Waals surface area (Å²) in [6.45, 7) is 4.09. The molecule has 2 N–H and O–H groups in total. The van der Waals surface area contributed by atoms with Crippen LogP contribution in [0.25, 0.3) is 0 Å². The van der Waals surface area contributed by atoms with Gasteiger partial charge in [0, 0.05) is 13.6 Å². The first-order chi connectivity index (χ1) is 14.2. The number of carbonyl (C=O) groups is 1. The summed E-state index contributed by atoms with van der Waals surface area (Å²) in [5.41, 5.74) is 2.63. The highest BCUT2D eigenvalue weighted by Gasteiger charge is 2.20. The van der Waals surface area contributed by atoms with E-state index < -0.39 is 16.0 Å². The molecule has 156 valence electrons. The fourth-order valence-electron chi connectivity index (χ4n) is 3.21. The molecule has 0 saturated carbocycles. The number of benzene rings is 2. The number of hydrogen-bond donors (Lipinski definition) is 2. The number of carboxylic acid groups (broad SMARTS) is 1. The minimum atomic E-state index is -3.88. The quantitative estimate of drug-likeness (QED) is 0.597. The normalized spacial score (nSPS) is 11.2. The van der Waals surface area contributed by atoms with E-state index in [0.717, 1.165) is 16.7 Å². The van der Waals surface area contributed by atoms with Crippen molar-refractivity contribution in [2.75, 3.05) is 16.7 Å². The number of anilines is 2. The predicted octanol–water partition coefficient (Wildman–Crippen LogP) is 3.83. The Bertz CT molecular complexity index is 1160. The van der Waals surface area contributed by atoms with Crippen LogP contribution in [-0.4, -0.2) is 31.5 Å². The van der Waals surface area contributed by atoms with Crippen molar-refractivity contribution in [3.63, 3.8) is 0 Å². The topological polar surface area (TPSA) is 99.6 Å². The molecule has 0 unspecified atom stereocenters. The number of rotatable bonds is 7. The maximum absolute atomic E-state index is 12.8. The van der Waals surface area contributed by atoms with Gasteiger partial charge in [-0.3, -0.25) is 4.72 Å². The Balaban J connectivity index is 1.90. The largest absolute Gasteiger partial charge is 0.478 e. The number of aryl methyl sites for hydroxylation is 2. The molecule has 8 heteroatoms. The van der Waals surface area contributed by atoms with Crippen molar-refractivity contribution < 1.29 is 18.3 Å². The van der Waals surface area contributed by atoms with Crippen LogP contribution in [0, 0.1) is 13.8 Å². The summed E-state index contributed by atoms with van der Waals surface area (Å²) in [5.74, 6) is -0.939. The van der Waals surface area contributed by atoms with Crippen LogP contribution in [0.2, 0.25) is 0 Å². The number of aromatic nitrogens is 1. The Kier molecular flexibility index (Phi) is 6.07. The van der Waals surface area contributed by atoms with Crippen LogP contribution >= 0.6 is 0 Å². The SMILES string of the molecule is Cc1cc(C)cc(S(=O)(=O)Nc2cnc(N(C)Cc3ccccc3)c(C(=O)O)c2)c1. The molecule has 0 aliphatic rings. The van der Waals surface area contributed by atoms with E-state index in [1.165, 1.54) is 12.3 Å². The number of pyridine rings is 1. The molecular formula is C22H23N3O4S. The van der Waals surface area contributed by atoms with Crippen LogP contribution in [-0.2, 0) is 16.6 Å². The standard InChI is InChI=1S/C22H23N3O4S/c1-15-9-16(2)11-19(10-15)30(28,29)24-18-12-20(22(26)27)21(23-13-18)25(3)14-17-7-5-4-6-8-17/h4-13,24H,14H2,1-3H3,(H,26,27). The molecule has 3 rings (SSSR count). The van der Waals surface area contributed by atoms with Crippen molar-refractivity contribution in [1.82, 2.24) is 4.98 Å². The molecule has 0 amide bonds. The van der Waals surface area contributed by atoms with Gasteiger partial charge in [-0.15, -0.1) is 0 Å². The van der Waals surface area contributed by atoms with Crippen molar-refractivity contribution >= 4 is 27.5 Å². The van der Waals surface area contributed by atoms with Crippen LogP contribution in [0.1, 0.15) is 27.0 Å². The summed E-state index contributed by atoms with van der Waals surface area (Å²) in [7, 11) is -2.14. The van der Waals surface area contributed by atoms with Crippen LogP contribution in [0.15, 0.2) is 65.7 Å². The average molecular weight is 426 g/mol. The second-order valence-corrected chi connectivity index (χ2v) is 8.85. The zero-order valence-electron chi connectivity index (χ0n) is 17.0. The van der Waals surface area contributed by atoms with Gasteiger partial charge in [0.05, 0.1) is 16.8 Å². The van der Waals surface area contributed by atoms with Crippen molar-refractivity contribution in [3.8, 4) is 0 Å². The summed E-state index contributed by atoms with van der Waals surface area (Å²) >= 11 is 0. The fourth-order valence-corrected chi connectivity index (χ4v) is 4.43. The van der Waals surface area contributed by atoms with Gasteiger partial charge in [-0.25, -0.2) is 18.2 Å². The van der Waals surface area contributed by atoms with E-state index >= 15 is 0 Å². The number of nitrogens with zero attached hydrogens (tertiary/aromatic N) is 2. The third-order valence-electron chi connectivity index (χ3n) is 4.48. The first-order valence-electron chi connectivity index (χ1n) is 9.25. The zero-order chi connectivity index (χ0) is 21.9. The molecule has 1 heterocycles. The Morgan fingerprint density at radius 1 is 1.07 bits per heavy atom.